The molecule has 0 aliphatic heterocycles. The molecule has 0 aromatic heterocycles. The van der Waals surface area contributed by atoms with Crippen LogP contribution in [0.4, 0.5) is 13.2 Å². The molecule has 5 nitrogen and oxygen atoms in total. The van der Waals surface area contributed by atoms with E-state index in [9.17, 15) is 22.8 Å². The van der Waals surface area contributed by atoms with Crippen molar-refractivity contribution in [1.82, 2.24) is 5.32 Å². The molecule has 0 heterocycles. The second-order valence-corrected chi connectivity index (χ2v) is 4.49. The van der Waals surface area contributed by atoms with Gasteiger partial charge in [-0.2, -0.15) is 18.4 Å². The normalized spacial score (nSPS) is 12.3. The molecule has 1 amide bonds. The van der Waals surface area contributed by atoms with E-state index in [0.717, 1.165) is 24.3 Å². The van der Waals surface area contributed by atoms with Crippen LogP contribution in [-0.2, 0) is 11.0 Å². The highest BCUT2D eigenvalue weighted by Crippen LogP contribution is 2.29. The average Bonchev–Trinajstić information content (AvgIpc) is 2.45. The Morgan fingerprint density at radius 1 is 1.27 bits per heavy atom. The summed E-state index contributed by atoms with van der Waals surface area (Å²) in [7, 11) is 0. The number of aliphatic carboxylic acids is 1. The van der Waals surface area contributed by atoms with Crippen molar-refractivity contribution >= 4 is 11.9 Å². The van der Waals surface area contributed by atoms with Gasteiger partial charge in [-0.25, -0.2) is 4.79 Å². The Bertz CT molecular complexity index is 576. The summed E-state index contributed by atoms with van der Waals surface area (Å²) >= 11 is 0. The summed E-state index contributed by atoms with van der Waals surface area (Å²) in [5.41, 5.74) is -0.965. The number of nitrogens with one attached hydrogen (secondary N) is 1. The number of halogens is 3. The second kappa shape index (κ2) is 7.45. The molecule has 0 unspecified atom stereocenters. The van der Waals surface area contributed by atoms with E-state index < -0.39 is 29.7 Å². The van der Waals surface area contributed by atoms with E-state index in [-0.39, 0.29) is 18.4 Å². The molecular weight excluding hydrogens is 301 g/mol. The molecule has 1 aromatic rings. The summed E-state index contributed by atoms with van der Waals surface area (Å²) in [6.07, 6.45) is -3.99. The number of unbranched alkanes of at least 4 members (excludes halogenated alkanes) is 1. The van der Waals surface area contributed by atoms with Gasteiger partial charge in [0, 0.05) is 12.0 Å². The van der Waals surface area contributed by atoms with Crippen molar-refractivity contribution in [2.45, 2.75) is 31.5 Å². The Labute approximate surface area is 124 Å². The fourth-order valence-corrected chi connectivity index (χ4v) is 1.69. The molecule has 0 aliphatic rings. The molecule has 0 fully saturated rings. The van der Waals surface area contributed by atoms with Crippen molar-refractivity contribution < 1.29 is 27.9 Å². The van der Waals surface area contributed by atoms with E-state index in [2.05, 4.69) is 5.32 Å². The molecule has 0 bridgehead atoms. The lowest BCUT2D eigenvalue weighted by molar-refractivity contribution is -0.139. The standard InChI is InChI=1S/C14H13F3N2O3/c15-14(16,17)10-6-4-9(5-7-10)12(20)19-11(13(21)22)3-1-2-8-18/h4-7,11H,1-3H2,(H,19,20)(H,21,22)/t11-/m1/s1. The molecule has 118 valence electrons. The van der Waals surface area contributed by atoms with E-state index in [0.29, 0.717) is 6.42 Å². The monoisotopic (exact) mass is 314 g/mol. The molecule has 2 N–H and O–H groups in total. The summed E-state index contributed by atoms with van der Waals surface area (Å²) in [5, 5.41) is 19.6. The molecule has 8 heteroatoms. The lowest BCUT2D eigenvalue weighted by atomic mass is 10.1. The highest BCUT2D eigenvalue weighted by Gasteiger charge is 2.30. The third kappa shape index (κ3) is 5.09. The number of rotatable bonds is 6. The number of alkyl halides is 3. The van der Waals surface area contributed by atoms with Crippen molar-refractivity contribution in [2.24, 2.45) is 0 Å². The van der Waals surface area contributed by atoms with Gasteiger partial charge < -0.3 is 10.4 Å². The largest absolute Gasteiger partial charge is 0.480 e. The molecule has 1 aromatic carbocycles. The van der Waals surface area contributed by atoms with Crippen molar-refractivity contribution in [3.8, 4) is 6.07 Å². The Morgan fingerprint density at radius 3 is 2.32 bits per heavy atom. The summed E-state index contributed by atoms with van der Waals surface area (Å²) in [4.78, 5) is 22.8. The van der Waals surface area contributed by atoms with Crippen LogP contribution in [0.25, 0.3) is 0 Å². The SMILES string of the molecule is N#CCCC[C@@H](NC(=O)c1ccc(C(F)(F)F)cc1)C(=O)O. The smallest absolute Gasteiger partial charge is 0.416 e. The van der Waals surface area contributed by atoms with Crippen LogP contribution in [-0.4, -0.2) is 23.0 Å². The maximum absolute atomic E-state index is 12.4. The van der Waals surface area contributed by atoms with Gasteiger partial charge in [0.15, 0.2) is 0 Å². The van der Waals surface area contributed by atoms with E-state index in [1.165, 1.54) is 0 Å². The first kappa shape index (κ1) is 17.5. The van der Waals surface area contributed by atoms with Gasteiger partial charge in [0.25, 0.3) is 5.91 Å². The van der Waals surface area contributed by atoms with E-state index >= 15 is 0 Å². The number of hydrogen-bond donors (Lipinski definition) is 2. The maximum Gasteiger partial charge on any atom is 0.416 e. The van der Waals surface area contributed by atoms with E-state index in [1.807, 2.05) is 6.07 Å². The quantitative estimate of drug-likeness (QED) is 0.790. The van der Waals surface area contributed by atoms with Crippen LogP contribution < -0.4 is 5.32 Å². The number of nitrogens with zero attached hydrogens (tertiary/aromatic N) is 1. The summed E-state index contributed by atoms with van der Waals surface area (Å²) < 4.78 is 37.2. The molecule has 0 saturated heterocycles. The molecule has 1 atom stereocenters. The highest BCUT2D eigenvalue weighted by atomic mass is 19.4. The van der Waals surface area contributed by atoms with E-state index in [4.69, 9.17) is 10.4 Å². The number of nitriles is 1. The lowest BCUT2D eigenvalue weighted by Crippen LogP contribution is -2.40. The van der Waals surface area contributed by atoms with Crippen LogP contribution in [0.15, 0.2) is 24.3 Å². The zero-order valence-electron chi connectivity index (χ0n) is 11.4. The van der Waals surface area contributed by atoms with Gasteiger partial charge in [-0.3, -0.25) is 4.79 Å². The van der Waals surface area contributed by atoms with Crippen molar-refractivity contribution in [2.75, 3.05) is 0 Å². The molecule has 0 radical (unpaired) electrons. The minimum atomic E-state index is -4.50. The Balaban J connectivity index is 2.74. The van der Waals surface area contributed by atoms with Crippen LogP contribution >= 0.6 is 0 Å². The second-order valence-electron chi connectivity index (χ2n) is 4.49. The van der Waals surface area contributed by atoms with Gasteiger partial charge >= 0.3 is 12.1 Å². The van der Waals surface area contributed by atoms with Crippen LogP contribution in [0.3, 0.4) is 0 Å². The Morgan fingerprint density at radius 2 is 1.86 bits per heavy atom. The van der Waals surface area contributed by atoms with Gasteiger partial charge in [-0.05, 0) is 37.1 Å². The first-order valence-electron chi connectivity index (χ1n) is 6.33. The van der Waals surface area contributed by atoms with Gasteiger partial charge in [-0.15, -0.1) is 0 Å². The van der Waals surface area contributed by atoms with Crippen LogP contribution in [0.5, 0.6) is 0 Å². The third-order valence-electron chi connectivity index (χ3n) is 2.86. The summed E-state index contributed by atoms with van der Waals surface area (Å²) in [6, 6.07) is 4.12. The maximum atomic E-state index is 12.4. The minimum absolute atomic E-state index is 0.0648. The van der Waals surface area contributed by atoms with Gasteiger partial charge in [0.05, 0.1) is 11.6 Å². The summed E-state index contributed by atoms with van der Waals surface area (Å²) in [5.74, 6) is -2.05. The first-order valence-corrected chi connectivity index (χ1v) is 6.33. The van der Waals surface area contributed by atoms with Crippen LogP contribution in [0.1, 0.15) is 35.2 Å². The molecular formula is C14H13F3N2O3. The van der Waals surface area contributed by atoms with Gasteiger partial charge in [0.2, 0.25) is 0 Å². The first-order chi connectivity index (χ1) is 10.3. The van der Waals surface area contributed by atoms with E-state index in [1.54, 1.807) is 0 Å². The Hall–Kier alpha value is -2.56. The van der Waals surface area contributed by atoms with Crippen molar-refractivity contribution in [3.05, 3.63) is 35.4 Å². The highest BCUT2D eigenvalue weighted by molar-refractivity contribution is 5.96. The zero-order chi connectivity index (χ0) is 16.8. The predicted octanol–water partition coefficient (Wildman–Crippen LogP) is 2.58. The minimum Gasteiger partial charge on any atom is -0.480 e. The molecule has 22 heavy (non-hydrogen) atoms. The number of hydrogen-bond acceptors (Lipinski definition) is 3. The van der Waals surface area contributed by atoms with Crippen LogP contribution in [0, 0.1) is 11.3 Å². The number of carbonyl (C=O) groups is 2. The molecule has 0 saturated carbocycles. The molecule has 1 rings (SSSR count). The topological polar surface area (TPSA) is 90.2 Å². The van der Waals surface area contributed by atoms with Gasteiger partial charge in [-0.1, -0.05) is 0 Å². The van der Waals surface area contributed by atoms with Crippen molar-refractivity contribution in [1.29, 1.82) is 5.26 Å². The summed E-state index contributed by atoms with van der Waals surface area (Å²) in [6.45, 7) is 0. The van der Waals surface area contributed by atoms with Crippen LogP contribution in [0.2, 0.25) is 0 Å². The number of carbonyl (C=O) groups excluding carboxylic acids is 1. The molecule has 0 spiro atoms. The molecule has 0 aliphatic carbocycles. The lowest BCUT2D eigenvalue weighted by Gasteiger charge is -2.14. The van der Waals surface area contributed by atoms with Gasteiger partial charge in [0.1, 0.15) is 6.04 Å². The number of carboxylic acids is 1. The Kier molecular flexibility index (Phi) is 5.92. The predicted molar refractivity (Wildman–Crippen MR) is 69.8 cm³/mol. The number of carboxylic acid groups (broad SMARTS) is 1. The fourth-order valence-electron chi connectivity index (χ4n) is 1.69. The van der Waals surface area contributed by atoms with Crippen molar-refractivity contribution in [3.63, 3.8) is 0 Å². The zero-order valence-corrected chi connectivity index (χ0v) is 11.4. The average molecular weight is 314 g/mol. The number of benzene rings is 1. The number of amides is 1. The fraction of sp³-hybridized carbons (Fsp3) is 0.357. The third-order valence-corrected chi connectivity index (χ3v) is 2.86.